The zero-order valence-electron chi connectivity index (χ0n) is 15.8. The van der Waals surface area contributed by atoms with Crippen LogP contribution in [0.3, 0.4) is 0 Å². The smallest absolute Gasteiger partial charge is 0.321 e. The lowest BCUT2D eigenvalue weighted by atomic mass is 10.1. The molecular weight excluding hydrogens is 370 g/mol. The predicted octanol–water partition coefficient (Wildman–Crippen LogP) is 2.44. The number of methoxy groups -OCH3 is 1. The van der Waals surface area contributed by atoms with Crippen LogP contribution in [0.4, 0.5) is 0 Å². The molecule has 0 fully saturated rings. The average molecular weight is 395 g/mol. The summed E-state index contributed by atoms with van der Waals surface area (Å²) in [6, 6.07) is 10.3. The monoisotopic (exact) mass is 395 g/mol. The molecule has 0 bridgehead atoms. The lowest BCUT2D eigenvalue weighted by molar-refractivity contribution is -0.143. The molecule has 0 aliphatic heterocycles. The maximum Gasteiger partial charge on any atom is 0.321 e. The summed E-state index contributed by atoms with van der Waals surface area (Å²) in [5.74, 6) is 0.00769. The van der Waals surface area contributed by atoms with Gasteiger partial charge in [0.15, 0.2) is 0 Å². The van der Waals surface area contributed by atoms with Gasteiger partial charge in [-0.1, -0.05) is 24.3 Å². The van der Waals surface area contributed by atoms with Crippen molar-refractivity contribution in [3.05, 3.63) is 36.4 Å². The highest BCUT2D eigenvalue weighted by molar-refractivity contribution is 7.89. The molecule has 0 aromatic heterocycles. The van der Waals surface area contributed by atoms with Crippen molar-refractivity contribution < 1.29 is 27.4 Å². The third-order valence-electron chi connectivity index (χ3n) is 3.92. The van der Waals surface area contributed by atoms with Gasteiger partial charge in [-0.2, -0.15) is 4.31 Å². The van der Waals surface area contributed by atoms with Crippen LogP contribution in [0.15, 0.2) is 41.3 Å². The van der Waals surface area contributed by atoms with Crippen molar-refractivity contribution in [3.8, 4) is 5.75 Å². The van der Waals surface area contributed by atoms with Gasteiger partial charge in [0.25, 0.3) is 0 Å². The van der Waals surface area contributed by atoms with Gasteiger partial charge in [-0.25, -0.2) is 8.42 Å². The summed E-state index contributed by atoms with van der Waals surface area (Å²) >= 11 is 0. The molecule has 2 aromatic carbocycles. The van der Waals surface area contributed by atoms with E-state index in [1.165, 1.54) is 13.2 Å². The van der Waals surface area contributed by atoms with Gasteiger partial charge in [0.2, 0.25) is 10.0 Å². The number of benzene rings is 2. The minimum absolute atomic E-state index is 0.0409. The number of rotatable bonds is 10. The molecule has 148 valence electrons. The molecule has 0 amide bonds. The first kappa shape index (κ1) is 21.1. The van der Waals surface area contributed by atoms with Gasteiger partial charge in [-0.3, -0.25) is 4.79 Å². The third kappa shape index (κ3) is 4.97. The minimum atomic E-state index is -3.95. The number of hydrogen-bond donors (Lipinski definition) is 0. The fraction of sp³-hybridized carbons (Fsp3) is 0.421. The van der Waals surface area contributed by atoms with E-state index in [-0.39, 0.29) is 31.2 Å². The first-order chi connectivity index (χ1) is 13.0. The van der Waals surface area contributed by atoms with Gasteiger partial charge < -0.3 is 14.2 Å². The van der Waals surface area contributed by atoms with E-state index >= 15 is 0 Å². The highest BCUT2D eigenvalue weighted by atomic mass is 32.2. The van der Waals surface area contributed by atoms with Gasteiger partial charge in [-0.15, -0.1) is 0 Å². The molecule has 0 saturated carbocycles. The Morgan fingerprint density at radius 2 is 1.74 bits per heavy atom. The molecule has 0 spiro atoms. The predicted molar refractivity (Wildman–Crippen MR) is 102 cm³/mol. The fourth-order valence-corrected chi connectivity index (χ4v) is 4.28. The van der Waals surface area contributed by atoms with Crippen molar-refractivity contribution in [2.24, 2.45) is 0 Å². The van der Waals surface area contributed by atoms with E-state index in [0.717, 1.165) is 4.31 Å². The van der Waals surface area contributed by atoms with Crippen LogP contribution in [0.2, 0.25) is 0 Å². The van der Waals surface area contributed by atoms with Crippen LogP contribution in [0, 0.1) is 0 Å². The van der Waals surface area contributed by atoms with E-state index in [4.69, 9.17) is 14.2 Å². The van der Waals surface area contributed by atoms with E-state index in [2.05, 4.69) is 0 Å². The summed E-state index contributed by atoms with van der Waals surface area (Å²) in [4.78, 5) is 12.0. The number of carbonyl (C=O) groups is 1. The second-order valence-electron chi connectivity index (χ2n) is 5.68. The van der Waals surface area contributed by atoms with Crippen LogP contribution in [-0.2, 0) is 24.3 Å². The molecule has 0 saturated heterocycles. The maximum absolute atomic E-state index is 13.3. The van der Waals surface area contributed by atoms with E-state index in [9.17, 15) is 13.2 Å². The molecule has 27 heavy (non-hydrogen) atoms. The van der Waals surface area contributed by atoms with Crippen LogP contribution in [0.1, 0.15) is 13.8 Å². The van der Waals surface area contributed by atoms with Crippen LogP contribution in [0.5, 0.6) is 5.75 Å². The van der Waals surface area contributed by atoms with Crippen molar-refractivity contribution in [2.45, 2.75) is 18.7 Å². The number of hydrogen-bond acceptors (Lipinski definition) is 6. The number of sulfonamides is 1. The quantitative estimate of drug-likeness (QED) is 0.575. The Labute approximate surface area is 159 Å². The molecular formula is C19H25NO6S. The van der Waals surface area contributed by atoms with Crippen molar-refractivity contribution in [2.75, 3.05) is 40.0 Å². The van der Waals surface area contributed by atoms with Gasteiger partial charge in [-0.05, 0) is 26.0 Å². The first-order valence-corrected chi connectivity index (χ1v) is 10.2. The molecule has 0 aliphatic rings. The number of ether oxygens (including phenoxy) is 3. The second kappa shape index (κ2) is 9.68. The molecule has 8 heteroatoms. The Morgan fingerprint density at radius 1 is 1.04 bits per heavy atom. The molecule has 0 heterocycles. The first-order valence-electron chi connectivity index (χ1n) is 8.74. The van der Waals surface area contributed by atoms with Crippen molar-refractivity contribution in [1.82, 2.24) is 4.31 Å². The summed E-state index contributed by atoms with van der Waals surface area (Å²) in [5.41, 5.74) is 0. The maximum atomic E-state index is 13.3. The highest BCUT2D eigenvalue weighted by Gasteiger charge is 2.29. The Morgan fingerprint density at radius 3 is 2.37 bits per heavy atom. The van der Waals surface area contributed by atoms with Gasteiger partial charge in [0, 0.05) is 24.4 Å². The molecule has 0 radical (unpaired) electrons. The van der Waals surface area contributed by atoms with Crippen molar-refractivity contribution >= 4 is 26.8 Å². The van der Waals surface area contributed by atoms with Gasteiger partial charge in [0.05, 0.1) is 24.7 Å². The Bertz CT molecular complexity index is 881. The van der Waals surface area contributed by atoms with E-state index in [1.807, 2.05) is 19.1 Å². The third-order valence-corrected chi connectivity index (χ3v) is 5.82. The van der Waals surface area contributed by atoms with Gasteiger partial charge >= 0.3 is 5.97 Å². The molecule has 7 nitrogen and oxygen atoms in total. The van der Waals surface area contributed by atoms with E-state index < -0.39 is 16.0 Å². The summed E-state index contributed by atoms with van der Waals surface area (Å²) in [6.45, 7) is 4.02. The summed E-state index contributed by atoms with van der Waals surface area (Å²) in [7, 11) is -2.47. The highest BCUT2D eigenvalue weighted by Crippen LogP contribution is 2.32. The Kier molecular flexibility index (Phi) is 7.58. The number of fused-ring (bicyclic) bond motifs is 1. The van der Waals surface area contributed by atoms with Crippen LogP contribution in [0.25, 0.3) is 10.8 Å². The van der Waals surface area contributed by atoms with Crippen LogP contribution >= 0.6 is 0 Å². The lowest BCUT2D eigenvalue weighted by Crippen LogP contribution is -2.38. The van der Waals surface area contributed by atoms with Crippen molar-refractivity contribution in [3.63, 3.8) is 0 Å². The summed E-state index contributed by atoms with van der Waals surface area (Å²) < 4.78 is 43.2. The average Bonchev–Trinajstić information content (AvgIpc) is 2.65. The molecule has 0 unspecified atom stereocenters. The zero-order chi connectivity index (χ0) is 19.9. The second-order valence-corrected chi connectivity index (χ2v) is 7.58. The molecule has 0 aliphatic carbocycles. The SMILES string of the molecule is CCOC(=O)CN(CCOC)S(=O)(=O)c1ccc(OCC)c2ccccc12. The van der Waals surface area contributed by atoms with Gasteiger partial charge in [0.1, 0.15) is 12.3 Å². The molecule has 0 N–H and O–H groups in total. The normalized spacial score (nSPS) is 11.7. The van der Waals surface area contributed by atoms with E-state index in [0.29, 0.717) is 23.1 Å². The fourth-order valence-electron chi connectivity index (χ4n) is 2.72. The Balaban J connectivity index is 2.51. The van der Waals surface area contributed by atoms with Crippen molar-refractivity contribution in [1.29, 1.82) is 0 Å². The van der Waals surface area contributed by atoms with E-state index in [1.54, 1.807) is 25.1 Å². The number of esters is 1. The Hall–Kier alpha value is -2.16. The molecule has 0 atom stereocenters. The number of carbonyl (C=O) groups excluding carboxylic acids is 1. The topological polar surface area (TPSA) is 82.1 Å². The largest absolute Gasteiger partial charge is 0.493 e. The lowest BCUT2D eigenvalue weighted by Gasteiger charge is -2.22. The standard InChI is InChI=1S/C19H25NO6S/c1-4-25-17-10-11-18(16-9-7-6-8-15(16)17)27(22,23)20(12-13-24-3)14-19(21)26-5-2/h6-11H,4-5,12-14H2,1-3H3. The summed E-state index contributed by atoms with van der Waals surface area (Å²) in [6.07, 6.45) is 0. The zero-order valence-corrected chi connectivity index (χ0v) is 16.6. The number of nitrogens with zero attached hydrogens (tertiary/aromatic N) is 1. The van der Waals surface area contributed by atoms with Crippen LogP contribution < -0.4 is 4.74 Å². The summed E-state index contributed by atoms with van der Waals surface area (Å²) in [5, 5.41) is 1.23. The molecule has 2 rings (SSSR count). The van der Waals surface area contributed by atoms with Crippen LogP contribution in [-0.4, -0.2) is 58.7 Å². The minimum Gasteiger partial charge on any atom is -0.493 e. The molecule has 2 aromatic rings.